The first-order valence-corrected chi connectivity index (χ1v) is 8.47. The zero-order valence-electron chi connectivity index (χ0n) is 10.4. The highest BCUT2D eigenvalue weighted by atomic mass is 32.2. The second-order valence-electron chi connectivity index (χ2n) is 3.63. The lowest BCUT2D eigenvalue weighted by molar-refractivity contribution is -0.117. The first-order valence-electron chi connectivity index (χ1n) is 5.73. The van der Waals surface area contributed by atoms with Crippen molar-refractivity contribution in [1.82, 2.24) is 20.8 Å². The molecule has 20 heavy (non-hydrogen) atoms. The van der Waals surface area contributed by atoms with Gasteiger partial charge >= 0.3 is 6.03 Å². The summed E-state index contributed by atoms with van der Waals surface area (Å²) in [4.78, 5) is 24.2. The van der Waals surface area contributed by atoms with E-state index in [1.807, 2.05) is 17.5 Å². The maximum absolute atomic E-state index is 11.5. The zero-order chi connectivity index (χ0) is 14.2. The molecule has 0 radical (unpaired) electrons. The van der Waals surface area contributed by atoms with Crippen LogP contribution in [-0.2, 0) is 11.2 Å². The number of imide groups is 1. The van der Waals surface area contributed by atoms with Gasteiger partial charge in [0.2, 0.25) is 5.91 Å². The molecule has 3 amide bonds. The number of carbonyl (C=O) groups is 2. The predicted octanol–water partition coefficient (Wildman–Crippen LogP) is 1.76. The van der Waals surface area contributed by atoms with E-state index in [1.54, 1.807) is 16.8 Å². The lowest BCUT2D eigenvalue weighted by atomic mass is 10.3. The molecule has 2 heterocycles. The topological polar surface area (TPSA) is 84.0 Å². The van der Waals surface area contributed by atoms with Crippen LogP contribution in [0.3, 0.4) is 0 Å². The highest BCUT2D eigenvalue weighted by Crippen LogP contribution is 2.17. The van der Waals surface area contributed by atoms with Crippen LogP contribution >= 0.6 is 34.4 Å². The van der Waals surface area contributed by atoms with Crippen LogP contribution in [0.4, 0.5) is 4.79 Å². The largest absolute Gasteiger partial charge is 0.337 e. The van der Waals surface area contributed by atoms with Gasteiger partial charge in [-0.15, -0.1) is 21.5 Å². The number of aromatic nitrogens is 2. The van der Waals surface area contributed by atoms with Gasteiger partial charge in [0.15, 0.2) is 4.34 Å². The Morgan fingerprint density at radius 1 is 1.35 bits per heavy atom. The fourth-order valence-electron chi connectivity index (χ4n) is 1.31. The van der Waals surface area contributed by atoms with E-state index in [1.165, 1.54) is 28.0 Å². The number of rotatable bonds is 6. The van der Waals surface area contributed by atoms with Crippen LogP contribution in [0.15, 0.2) is 27.4 Å². The molecule has 2 rings (SSSR count). The molecule has 0 bridgehead atoms. The van der Waals surface area contributed by atoms with Crippen molar-refractivity contribution in [3.8, 4) is 0 Å². The maximum Gasteiger partial charge on any atom is 0.321 e. The van der Waals surface area contributed by atoms with Crippen molar-refractivity contribution in [3.63, 3.8) is 0 Å². The highest BCUT2D eigenvalue weighted by molar-refractivity contribution is 8.01. The molecule has 6 nitrogen and oxygen atoms in total. The molecule has 0 saturated carbocycles. The second-order valence-corrected chi connectivity index (χ2v) is 6.71. The summed E-state index contributed by atoms with van der Waals surface area (Å²) in [5.74, 6) is -0.202. The predicted molar refractivity (Wildman–Crippen MR) is 80.2 cm³/mol. The molecule has 2 N–H and O–H groups in total. The third-order valence-corrected chi connectivity index (χ3v) is 4.95. The summed E-state index contributed by atoms with van der Waals surface area (Å²) in [7, 11) is 0. The van der Waals surface area contributed by atoms with Gasteiger partial charge in [-0.3, -0.25) is 10.1 Å². The SMILES string of the molecule is O=C(CSc1nncs1)NC(=O)NCCc1cccs1. The average Bonchev–Trinajstić information content (AvgIpc) is 3.09. The highest BCUT2D eigenvalue weighted by Gasteiger charge is 2.09. The summed E-state index contributed by atoms with van der Waals surface area (Å²) in [5.41, 5.74) is 1.59. The first kappa shape index (κ1) is 14.9. The van der Waals surface area contributed by atoms with Crippen LogP contribution in [0.5, 0.6) is 0 Å². The van der Waals surface area contributed by atoms with Gasteiger partial charge < -0.3 is 5.32 Å². The lowest BCUT2D eigenvalue weighted by Crippen LogP contribution is -2.41. The van der Waals surface area contributed by atoms with E-state index >= 15 is 0 Å². The summed E-state index contributed by atoms with van der Waals surface area (Å²) in [5, 5.41) is 14.4. The van der Waals surface area contributed by atoms with Crippen molar-refractivity contribution in [2.75, 3.05) is 12.3 Å². The van der Waals surface area contributed by atoms with Crippen molar-refractivity contribution in [2.45, 2.75) is 10.8 Å². The zero-order valence-corrected chi connectivity index (χ0v) is 12.8. The number of hydrogen-bond acceptors (Lipinski definition) is 7. The van der Waals surface area contributed by atoms with Crippen LogP contribution in [-0.4, -0.2) is 34.4 Å². The monoisotopic (exact) mass is 328 g/mol. The minimum Gasteiger partial charge on any atom is -0.337 e. The minimum atomic E-state index is -0.468. The Morgan fingerprint density at radius 2 is 2.25 bits per heavy atom. The number of nitrogens with zero attached hydrogens (tertiary/aromatic N) is 2. The van der Waals surface area contributed by atoms with Crippen LogP contribution in [0.1, 0.15) is 4.88 Å². The molecule has 9 heteroatoms. The molecule has 0 saturated heterocycles. The van der Waals surface area contributed by atoms with Crippen LogP contribution in [0.2, 0.25) is 0 Å². The van der Waals surface area contributed by atoms with Crippen molar-refractivity contribution in [1.29, 1.82) is 0 Å². The Kier molecular flexibility index (Phi) is 5.96. The lowest BCUT2D eigenvalue weighted by Gasteiger charge is -2.05. The van der Waals surface area contributed by atoms with Gasteiger partial charge in [-0.05, 0) is 17.9 Å². The minimum absolute atomic E-state index is 0.146. The van der Waals surface area contributed by atoms with Gasteiger partial charge in [0, 0.05) is 11.4 Å². The molecule has 0 aliphatic heterocycles. The van der Waals surface area contributed by atoms with E-state index in [4.69, 9.17) is 0 Å². The number of carbonyl (C=O) groups excluding carboxylic acids is 2. The van der Waals surface area contributed by atoms with Gasteiger partial charge in [-0.1, -0.05) is 29.2 Å². The molecule has 0 aliphatic rings. The molecular weight excluding hydrogens is 316 g/mol. The first-order chi connectivity index (χ1) is 9.74. The molecule has 0 aromatic carbocycles. The second kappa shape index (κ2) is 7.98. The van der Waals surface area contributed by atoms with Gasteiger partial charge in [0.25, 0.3) is 0 Å². The summed E-state index contributed by atoms with van der Waals surface area (Å²) in [6.07, 6.45) is 0.763. The Labute approximate surface area is 128 Å². The maximum atomic E-state index is 11.5. The van der Waals surface area contributed by atoms with E-state index in [-0.39, 0.29) is 11.7 Å². The van der Waals surface area contributed by atoms with Crippen molar-refractivity contribution in [2.24, 2.45) is 0 Å². The summed E-state index contributed by atoms with van der Waals surface area (Å²) >= 11 is 4.25. The van der Waals surface area contributed by atoms with Gasteiger partial charge in [0.1, 0.15) is 5.51 Å². The van der Waals surface area contributed by atoms with E-state index in [2.05, 4.69) is 20.8 Å². The van der Waals surface area contributed by atoms with Crippen LogP contribution in [0, 0.1) is 0 Å². The molecule has 2 aromatic rings. The smallest absolute Gasteiger partial charge is 0.321 e. The van der Waals surface area contributed by atoms with Crippen molar-refractivity contribution < 1.29 is 9.59 Å². The fourth-order valence-corrected chi connectivity index (χ4v) is 3.31. The Hall–Kier alpha value is -1.45. The summed E-state index contributed by atoms with van der Waals surface area (Å²) < 4.78 is 0.707. The Balaban J connectivity index is 1.60. The number of urea groups is 1. The number of nitrogens with one attached hydrogen (secondary N) is 2. The quantitative estimate of drug-likeness (QED) is 0.790. The summed E-state index contributed by atoms with van der Waals surface area (Å²) in [6, 6.07) is 3.51. The van der Waals surface area contributed by atoms with Crippen molar-refractivity contribution >= 4 is 46.4 Å². The van der Waals surface area contributed by atoms with Crippen LogP contribution < -0.4 is 10.6 Å². The van der Waals surface area contributed by atoms with E-state index < -0.39 is 6.03 Å². The number of amides is 3. The molecule has 0 atom stereocenters. The third kappa shape index (κ3) is 5.27. The molecule has 0 unspecified atom stereocenters. The molecule has 0 aliphatic carbocycles. The molecule has 106 valence electrons. The third-order valence-electron chi connectivity index (χ3n) is 2.16. The van der Waals surface area contributed by atoms with E-state index in [9.17, 15) is 9.59 Å². The Morgan fingerprint density at radius 3 is 2.95 bits per heavy atom. The number of hydrogen-bond donors (Lipinski definition) is 2. The Bertz CT molecular complexity index is 542. The van der Waals surface area contributed by atoms with Crippen molar-refractivity contribution in [3.05, 3.63) is 27.9 Å². The molecule has 0 spiro atoms. The van der Waals surface area contributed by atoms with E-state index in [0.717, 1.165) is 6.42 Å². The average molecular weight is 328 g/mol. The van der Waals surface area contributed by atoms with Gasteiger partial charge in [0.05, 0.1) is 5.75 Å². The van der Waals surface area contributed by atoms with Gasteiger partial charge in [-0.25, -0.2) is 4.79 Å². The summed E-state index contributed by atoms with van der Waals surface area (Å²) in [6.45, 7) is 0.503. The van der Waals surface area contributed by atoms with Gasteiger partial charge in [-0.2, -0.15) is 0 Å². The number of thiophene rings is 1. The van der Waals surface area contributed by atoms with E-state index in [0.29, 0.717) is 10.9 Å². The standard InChI is InChI=1S/C11H12N4O2S3/c16-9(6-19-11-15-13-7-20-11)14-10(17)12-4-3-8-2-1-5-18-8/h1-2,5,7H,3-4,6H2,(H2,12,14,16,17). The molecular formula is C11H12N4O2S3. The molecule has 2 aromatic heterocycles. The fraction of sp³-hybridized carbons (Fsp3) is 0.273. The molecule has 0 fully saturated rings. The normalized spacial score (nSPS) is 10.2. The van der Waals surface area contributed by atoms with Crippen LogP contribution in [0.25, 0.3) is 0 Å². The number of thioether (sulfide) groups is 1.